The summed E-state index contributed by atoms with van der Waals surface area (Å²) in [7, 11) is 0. The first kappa shape index (κ1) is 10.9. The van der Waals surface area contributed by atoms with Crippen molar-refractivity contribution in [2.75, 3.05) is 0 Å². The molecule has 0 aliphatic carbocycles. The minimum Gasteiger partial charge on any atom is -0.293 e. The molecule has 13 heavy (non-hydrogen) atoms. The zero-order valence-electron chi connectivity index (χ0n) is 8.06. The summed E-state index contributed by atoms with van der Waals surface area (Å²) in [6.45, 7) is 6.23. The van der Waals surface area contributed by atoms with Crippen LogP contribution in [0.3, 0.4) is 0 Å². The smallest absolute Gasteiger partial charge is 0.174 e. The maximum atomic E-state index is 11.7. The van der Waals surface area contributed by atoms with Crippen molar-refractivity contribution in [3.63, 3.8) is 0 Å². The van der Waals surface area contributed by atoms with Gasteiger partial charge in [0.25, 0.3) is 0 Å². The Labute approximate surface area is 91.3 Å². The molecule has 1 aromatic rings. The van der Waals surface area contributed by atoms with Gasteiger partial charge in [-0.05, 0) is 32.8 Å². The average molecular weight is 261 g/mol. The molecule has 0 aliphatic rings. The largest absolute Gasteiger partial charge is 0.293 e. The van der Waals surface area contributed by atoms with Crippen LogP contribution in [0, 0.1) is 5.41 Å². The van der Waals surface area contributed by atoms with Gasteiger partial charge in [-0.2, -0.15) is 0 Å². The number of ketones is 1. The number of hydrogen-bond donors (Lipinski definition) is 0. The molecule has 0 amide bonds. The third-order valence-electron chi connectivity index (χ3n) is 1.56. The van der Waals surface area contributed by atoms with Crippen LogP contribution < -0.4 is 0 Å². The first-order chi connectivity index (χ1) is 5.90. The van der Waals surface area contributed by atoms with E-state index in [0.717, 1.165) is 9.35 Å². The van der Waals surface area contributed by atoms with Gasteiger partial charge in [-0.25, -0.2) is 0 Å². The molecule has 0 unspecified atom stereocenters. The molecule has 1 nitrogen and oxygen atoms in total. The fraction of sp³-hybridized carbons (Fsp3) is 0.500. The fourth-order valence-electron chi connectivity index (χ4n) is 1.05. The summed E-state index contributed by atoms with van der Waals surface area (Å²) in [4.78, 5) is 12.6. The molecule has 0 spiro atoms. The molecular weight excluding hydrogens is 248 g/mol. The summed E-state index contributed by atoms with van der Waals surface area (Å²) in [6.07, 6.45) is 0.603. The average Bonchev–Trinajstić information content (AvgIpc) is 2.30. The van der Waals surface area contributed by atoms with Gasteiger partial charge in [-0.15, -0.1) is 11.3 Å². The lowest BCUT2D eigenvalue weighted by Gasteiger charge is -2.16. The molecule has 0 radical (unpaired) electrons. The number of carbonyl (C=O) groups excluding carboxylic acids is 1. The van der Waals surface area contributed by atoms with Crippen molar-refractivity contribution in [3.05, 3.63) is 20.8 Å². The van der Waals surface area contributed by atoms with Gasteiger partial charge in [0.2, 0.25) is 0 Å². The Hall–Kier alpha value is -0.150. The van der Waals surface area contributed by atoms with Crippen LogP contribution in [-0.2, 0) is 0 Å². The van der Waals surface area contributed by atoms with Crippen LogP contribution in [-0.4, -0.2) is 5.78 Å². The second-order valence-corrected chi connectivity index (χ2v) is 6.03. The number of Topliss-reactive ketones (excluding diaryl/α,β-unsaturated/α-hetero) is 1. The summed E-state index contributed by atoms with van der Waals surface area (Å²) in [6, 6.07) is 1.92. The minimum absolute atomic E-state index is 0.0700. The lowest BCUT2D eigenvalue weighted by atomic mass is 9.90. The van der Waals surface area contributed by atoms with Gasteiger partial charge in [0.1, 0.15) is 0 Å². The minimum atomic E-state index is 0.0700. The highest BCUT2D eigenvalue weighted by Gasteiger charge is 2.19. The Morgan fingerprint density at radius 2 is 2.15 bits per heavy atom. The van der Waals surface area contributed by atoms with Gasteiger partial charge >= 0.3 is 0 Å². The Morgan fingerprint density at radius 1 is 1.54 bits per heavy atom. The van der Waals surface area contributed by atoms with Crippen LogP contribution in [0.5, 0.6) is 0 Å². The Kier molecular flexibility index (Phi) is 3.30. The van der Waals surface area contributed by atoms with E-state index < -0.39 is 0 Å². The van der Waals surface area contributed by atoms with Gasteiger partial charge in [-0.1, -0.05) is 20.8 Å². The summed E-state index contributed by atoms with van der Waals surface area (Å²) < 4.78 is 0.923. The lowest BCUT2D eigenvalue weighted by molar-refractivity contribution is 0.0943. The molecule has 1 heterocycles. The molecule has 0 fully saturated rings. The van der Waals surface area contributed by atoms with E-state index >= 15 is 0 Å². The number of hydrogen-bond acceptors (Lipinski definition) is 2. The van der Waals surface area contributed by atoms with Crippen molar-refractivity contribution >= 4 is 33.0 Å². The summed E-state index contributed by atoms with van der Waals surface area (Å²) >= 11 is 4.87. The molecule has 3 heteroatoms. The zero-order valence-corrected chi connectivity index (χ0v) is 10.5. The predicted octanol–water partition coefficient (Wildman–Crippen LogP) is 4.13. The zero-order chi connectivity index (χ0) is 10.1. The first-order valence-corrected chi connectivity index (χ1v) is 5.83. The van der Waals surface area contributed by atoms with Gasteiger partial charge in [0.05, 0.1) is 4.88 Å². The van der Waals surface area contributed by atoms with E-state index in [1.54, 1.807) is 0 Å². The van der Waals surface area contributed by atoms with E-state index in [-0.39, 0.29) is 11.2 Å². The molecular formula is C10H13BrOS. The molecule has 72 valence electrons. The number of rotatable bonds is 2. The standard InChI is InChI=1S/C10H13BrOS/c1-10(2,3)6-8(12)9-7(11)4-5-13-9/h4-5H,6H2,1-3H3. The van der Waals surface area contributed by atoms with Gasteiger partial charge in [-0.3, -0.25) is 4.79 Å². The maximum absolute atomic E-state index is 11.7. The van der Waals surface area contributed by atoms with Crippen molar-refractivity contribution in [2.24, 2.45) is 5.41 Å². The van der Waals surface area contributed by atoms with E-state index in [4.69, 9.17) is 0 Å². The van der Waals surface area contributed by atoms with Crippen LogP contribution in [0.15, 0.2) is 15.9 Å². The van der Waals surface area contributed by atoms with Crippen molar-refractivity contribution in [2.45, 2.75) is 27.2 Å². The molecule has 0 aromatic carbocycles. The number of carbonyl (C=O) groups is 1. The maximum Gasteiger partial charge on any atom is 0.174 e. The molecule has 1 rings (SSSR count). The number of halogens is 1. The third kappa shape index (κ3) is 3.24. The molecule has 0 saturated heterocycles. The van der Waals surface area contributed by atoms with Crippen LogP contribution in [0.25, 0.3) is 0 Å². The van der Waals surface area contributed by atoms with Gasteiger partial charge in [0.15, 0.2) is 5.78 Å². The molecule has 0 saturated carbocycles. The van der Waals surface area contributed by atoms with Crippen molar-refractivity contribution in [1.82, 2.24) is 0 Å². The SMILES string of the molecule is CC(C)(C)CC(=O)c1sccc1Br. The normalized spacial score (nSPS) is 11.7. The third-order valence-corrected chi connectivity index (χ3v) is 3.44. The topological polar surface area (TPSA) is 17.1 Å². The second kappa shape index (κ2) is 3.93. The summed E-state index contributed by atoms with van der Waals surface area (Å²) in [5.74, 6) is 0.231. The lowest BCUT2D eigenvalue weighted by Crippen LogP contribution is -2.12. The van der Waals surface area contributed by atoms with E-state index in [2.05, 4.69) is 36.7 Å². The van der Waals surface area contributed by atoms with Crippen LogP contribution in [0.4, 0.5) is 0 Å². The van der Waals surface area contributed by atoms with E-state index in [0.29, 0.717) is 6.42 Å². The second-order valence-electron chi connectivity index (χ2n) is 4.26. The highest BCUT2D eigenvalue weighted by atomic mass is 79.9. The first-order valence-electron chi connectivity index (χ1n) is 4.16. The summed E-state index contributed by atoms with van der Waals surface area (Å²) in [5, 5.41) is 1.93. The fourth-order valence-corrected chi connectivity index (χ4v) is 2.59. The van der Waals surface area contributed by atoms with Crippen molar-refractivity contribution in [1.29, 1.82) is 0 Å². The van der Waals surface area contributed by atoms with Crippen LogP contribution in [0.2, 0.25) is 0 Å². The Balaban J connectivity index is 2.76. The van der Waals surface area contributed by atoms with E-state index in [1.165, 1.54) is 11.3 Å². The number of thiophene rings is 1. The van der Waals surface area contributed by atoms with Crippen molar-refractivity contribution < 1.29 is 4.79 Å². The van der Waals surface area contributed by atoms with Crippen molar-refractivity contribution in [3.8, 4) is 0 Å². The van der Waals surface area contributed by atoms with Crippen LogP contribution in [0.1, 0.15) is 36.9 Å². The van der Waals surface area contributed by atoms with Gasteiger partial charge in [0, 0.05) is 10.9 Å². The Morgan fingerprint density at radius 3 is 2.54 bits per heavy atom. The van der Waals surface area contributed by atoms with Crippen LogP contribution >= 0.6 is 27.3 Å². The highest BCUT2D eigenvalue weighted by Crippen LogP contribution is 2.28. The quantitative estimate of drug-likeness (QED) is 0.731. The monoisotopic (exact) mass is 260 g/mol. The van der Waals surface area contributed by atoms with E-state index in [9.17, 15) is 4.79 Å². The molecule has 1 aromatic heterocycles. The molecule has 0 bridgehead atoms. The summed E-state index contributed by atoms with van der Waals surface area (Å²) in [5.41, 5.74) is 0.0700. The molecule has 0 atom stereocenters. The highest BCUT2D eigenvalue weighted by molar-refractivity contribution is 9.10. The molecule has 0 aliphatic heterocycles. The van der Waals surface area contributed by atoms with E-state index in [1.807, 2.05) is 11.4 Å². The molecule has 0 N–H and O–H groups in total. The van der Waals surface area contributed by atoms with Gasteiger partial charge < -0.3 is 0 Å². The predicted molar refractivity (Wildman–Crippen MR) is 60.4 cm³/mol. The Bertz CT molecular complexity index is 309.